The summed E-state index contributed by atoms with van der Waals surface area (Å²) >= 11 is 2.91. The first-order valence-corrected chi connectivity index (χ1v) is 2.75. The summed E-state index contributed by atoms with van der Waals surface area (Å²) in [4.78, 5) is 10.2. The highest BCUT2D eigenvalue weighted by Crippen LogP contribution is 2.17. The number of aliphatic hydroxyl groups excluding tert-OH is 1. The molecule has 4 heteroatoms. The van der Waals surface area contributed by atoms with Crippen molar-refractivity contribution in [1.29, 1.82) is 0 Å². The molecule has 0 aromatic heterocycles. The van der Waals surface area contributed by atoms with Gasteiger partial charge in [-0.1, -0.05) is 0 Å². The third kappa shape index (κ3) is 0.900. The van der Waals surface area contributed by atoms with Crippen LogP contribution < -0.4 is 0 Å². The number of ether oxygens (including phenoxy) is 1. The Bertz CT molecular complexity index is 151. The lowest BCUT2D eigenvalue weighted by molar-refractivity contribution is -0.150. The lowest BCUT2D eigenvalue weighted by atomic mass is 10.5. The second-order valence-corrected chi connectivity index (χ2v) is 2.23. The first kappa shape index (κ1) is 5.78. The van der Waals surface area contributed by atoms with Gasteiger partial charge in [-0.2, -0.15) is 0 Å². The molecular weight excluding hydrogens is 176 g/mol. The quantitative estimate of drug-likeness (QED) is 0.538. The van der Waals surface area contributed by atoms with E-state index in [0.717, 1.165) is 0 Å². The van der Waals surface area contributed by atoms with Crippen LogP contribution in [0.4, 0.5) is 0 Å². The van der Waals surface area contributed by atoms with E-state index in [9.17, 15) is 4.79 Å². The zero-order valence-corrected chi connectivity index (χ0v) is 5.38. The van der Waals surface area contributed by atoms with Crippen molar-refractivity contribution in [3.05, 3.63) is 10.6 Å². The van der Waals surface area contributed by atoms with Gasteiger partial charge in [0.1, 0.15) is 0 Å². The van der Waals surface area contributed by atoms with Crippen LogP contribution in [-0.2, 0) is 9.53 Å². The van der Waals surface area contributed by atoms with E-state index >= 15 is 0 Å². The molecule has 0 aliphatic carbocycles. The Hall–Kier alpha value is -0.350. The van der Waals surface area contributed by atoms with Gasteiger partial charge in [0.15, 0.2) is 0 Å². The van der Waals surface area contributed by atoms with Crippen molar-refractivity contribution in [2.75, 3.05) is 0 Å². The predicted octanol–water partition coefficient (Wildman–Crippen LogP) is 0.140. The van der Waals surface area contributed by atoms with Crippen molar-refractivity contribution in [2.45, 2.75) is 6.29 Å². The van der Waals surface area contributed by atoms with Crippen LogP contribution in [0.5, 0.6) is 0 Å². The summed E-state index contributed by atoms with van der Waals surface area (Å²) in [5, 5.41) is 8.61. The summed E-state index contributed by atoms with van der Waals surface area (Å²) in [7, 11) is 0. The summed E-state index contributed by atoms with van der Waals surface area (Å²) in [6, 6.07) is 0. The molecule has 1 heterocycles. The van der Waals surface area contributed by atoms with Crippen LogP contribution in [0.2, 0.25) is 0 Å². The summed E-state index contributed by atoms with van der Waals surface area (Å²) < 4.78 is 4.63. The number of hydrogen-bond donors (Lipinski definition) is 1. The van der Waals surface area contributed by atoms with E-state index in [2.05, 4.69) is 20.7 Å². The molecule has 0 fully saturated rings. The number of rotatable bonds is 0. The predicted molar refractivity (Wildman–Crippen MR) is 29.1 cm³/mol. The Balaban J connectivity index is 2.73. The van der Waals surface area contributed by atoms with Gasteiger partial charge in [-0.25, -0.2) is 4.79 Å². The minimum absolute atomic E-state index is 0.377. The van der Waals surface area contributed by atoms with Crippen LogP contribution in [0.25, 0.3) is 0 Å². The maximum atomic E-state index is 10.2. The van der Waals surface area contributed by atoms with E-state index in [1.54, 1.807) is 0 Å². The zero-order valence-electron chi connectivity index (χ0n) is 3.80. The Morgan fingerprint density at radius 1 is 1.88 bits per heavy atom. The topological polar surface area (TPSA) is 46.5 Å². The van der Waals surface area contributed by atoms with E-state index in [0.29, 0.717) is 4.48 Å². The molecule has 0 radical (unpaired) electrons. The molecule has 0 aromatic carbocycles. The van der Waals surface area contributed by atoms with Crippen molar-refractivity contribution in [3.8, 4) is 0 Å². The SMILES string of the molecule is O=C1C=C(Br)C(O)O1. The van der Waals surface area contributed by atoms with Gasteiger partial charge in [-0.3, -0.25) is 0 Å². The molecule has 1 atom stereocenters. The standard InChI is InChI=1S/C4H3BrO3/c5-2-1-3(6)8-4(2)7/h1,4,7H. The highest BCUT2D eigenvalue weighted by atomic mass is 79.9. The zero-order chi connectivity index (χ0) is 6.15. The molecule has 0 bridgehead atoms. The molecule has 3 nitrogen and oxygen atoms in total. The van der Waals surface area contributed by atoms with Crippen LogP contribution in [0.1, 0.15) is 0 Å². The maximum absolute atomic E-state index is 10.2. The summed E-state index contributed by atoms with van der Waals surface area (Å²) in [5.74, 6) is -0.510. The summed E-state index contributed by atoms with van der Waals surface area (Å²) in [5.41, 5.74) is 0. The number of cyclic esters (lactones) is 1. The molecule has 8 heavy (non-hydrogen) atoms. The molecule has 44 valence electrons. The lowest BCUT2D eigenvalue weighted by Crippen LogP contribution is -2.06. The van der Waals surface area contributed by atoms with Gasteiger partial charge in [0, 0.05) is 6.08 Å². The van der Waals surface area contributed by atoms with Crippen LogP contribution in [0, 0.1) is 0 Å². The third-order valence-electron chi connectivity index (χ3n) is 0.719. The van der Waals surface area contributed by atoms with Gasteiger partial charge in [0.25, 0.3) is 0 Å². The number of halogens is 1. The van der Waals surface area contributed by atoms with Gasteiger partial charge in [0.05, 0.1) is 4.48 Å². The van der Waals surface area contributed by atoms with Gasteiger partial charge >= 0.3 is 5.97 Å². The number of carbonyl (C=O) groups is 1. The smallest absolute Gasteiger partial charge is 0.334 e. The van der Waals surface area contributed by atoms with Crippen molar-refractivity contribution in [3.63, 3.8) is 0 Å². The van der Waals surface area contributed by atoms with E-state index in [4.69, 9.17) is 5.11 Å². The average molecular weight is 179 g/mol. The molecule has 0 aromatic rings. The van der Waals surface area contributed by atoms with E-state index < -0.39 is 12.3 Å². The fourth-order valence-corrected chi connectivity index (χ4v) is 0.665. The Morgan fingerprint density at radius 2 is 2.50 bits per heavy atom. The van der Waals surface area contributed by atoms with Gasteiger partial charge < -0.3 is 9.84 Å². The average Bonchev–Trinajstić information content (AvgIpc) is 1.85. The Morgan fingerprint density at radius 3 is 2.62 bits per heavy atom. The fourth-order valence-electron chi connectivity index (χ4n) is 0.384. The first-order chi connectivity index (χ1) is 3.70. The minimum Gasteiger partial charge on any atom is -0.428 e. The van der Waals surface area contributed by atoms with Crippen molar-refractivity contribution >= 4 is 21.9 Å². The van der Waals surface area contributed by atoms with Crippen molar-refractivity contribution in [1.82, 2.24) is 0 Å². The molecular formula is C4H3BrO3. The molecule has 0 spiro atoms. The third-order valence-corrected chi connectivity index (χ3v) is 1.34. The van der Waals surface area contributed by atoms with Crippen LogP contribution in [0.3, 0.4) is 0 Å². The highest BCUT2D eigenvalue weighted by molar-refractivity contribution is 9.11. The number of hydrogen-bond acceptors (Lipinski definition) is 3. The molecule has 0 saturated carbocycles. The van der Waals surface area contributed by atoms with E-state index in [1.807, 2.05) is 0 Å². The molecule has 1 aliphatic heterocycles. The number of aliphatic hydroxyl groups is 1. The Labute approximate surface area is 54.1 Å². The van der Waals surface area contributed by atoms with Gasteiger partial charge in [-0.15, -0.1) is 0 Å². The van der Waals surface area contributed by atoms with Crippen LogP contribution >= 0.6 is 15.9 Å². The summed E-state index contributed by atoms with van der Waals surface area (Å²) in [6.45, 7) is 0. The van der Waals surface area contributed by atoms with E-state index in [-0.39, 0.29) is 0 Å². The molecule has 1 rings (SSSR count). The largest absolute Gasteiger partial charge is 0.428 e. The molecule has 0 saturated heterocycles. The number of esters is 1. The van der Waals surface area contributed by atoms with Crippen LogP contribution in [-0.4, -0.2) is 17.4 Å². The fraction of sp³-hybridized carbons (Fsp3) is 0.250. The minimum atomic E-state index is -1.08. The molecule has 1 unspecified atom stereocenters. The maximum Gasteiger partial charge on any atom is 0.334 e. The van der Waals surface area contributed by atoms with Crippen LogP contribution in [0.15, 0.2) is 10.6 Å². The lowest BCUT2D eigenvalue weighted by Gasteiger charge is -1.98. The summed E-state index contributed by atoms with van der Waals surface area (Å²) in [6.07, 6.45) is 0.104. The van der Waals surface area contributed by atoms with Gasteiger partial charge in [0.2, 0.25) is 6.29 Å². The number of carbonyl (C=O) groups excluding carboxylic acids is 1. The van der Waals surface area contributed by atoms with Crippen molar-refractivity contribution in [2.24, 2.45) is 0 Å². The Kier molecular flexibility index (Phi) is 1.35. The highest BCUT2D eigenvalue weighted by Gasteiger charge is 2.20. The first-order valence-electron chi connectivity index (χ1n) is 1.96. The van der Waals surface area contributed by atoms with Crippen molar-refractivity contribution < 1.29 is 14.6 Å². The van der Waals surface area contributed by atoms with Gasteiger partial charge in [-0.05, 0) is 15.9 Å². The second-order valence-electron chi connectivity index (χ2n) is 1.32. The molecule has 1 aliphatic rings. The monoisotopic (exact) mass is 178 g/mol. The second kappa shape index (κ2) is 1.87. The van der Waals surface area contributed by atoms with E-state index in [1.165, 1.54) is 6.08 Å². The molecule has 0 amide bonds. The molecule has 1 N–H and O–H groups in total. The normalized spacial score (nSPS) is 27.5.